The number of ether oxygens (including phenoxy) is 1. The van der Waals surface area contributed by atoms with Crippen molar-refractivity contribution >= 4 is 0 Å². The predicted molar refractivity (Wildman–Crippen MR) is 92.2 cm³/mol. The second-order valence-corrected chi connectivity index (χ2v) is 5.26. The number of hydrogen-bond donors (Lipinski definition) is 1. The van der Waals surface area contributed by atoms with Crippen molar-refractivity contribution in [1.82, 2.24) is 0 Å². The first-order valence-corrected chi connectivity index (χ1v) is 8.72. The fraction of sp³-hybridized carbons (Fsp3) is 0.889. The maximum atomic E-state index is 5.39. The summed E-state index contributed by atoms with van der Waals surface area (Å²) in [5.74, 6) is 0. The maximum Gasteiger partial charge on any atom is 0.0647 e. The van der Waals surface area contributed by atoms with Crippen LogP contribution in [0.1, 0.15) is 85.0 Å². The summed E-state index contributed by atoms with van der Waals surface area (Å²) in [6.45, 7) is 8.98. The Labute approximate surface area is 128 Å². The van der Waals surface area contributed by atoms with Crippen molar-refractivity contribution in [3.8, 4) is 0 Å². The lowest BCUT2D eigenvalue weighted by atomic mass is 10.1. The molecule has 0 saturated heterocycles. The van der Waals surface area contributed by atoms with Crippen molar-refractivity contribution < 1.29 is 4.74 Å². The zero-order chi connectivity index (χ0) is 15.3. The van der Waals surface area contributed by atoms with E-state index < -0.39 is 0 Å². The number of hydrogen-bond acceptors (Lipinski definition) is 2. The van der Waals surface area contributed by atoms with E-state index in [1.54, 1.807) is 0 Å². The van der Waals surface area contributed by atoms with Crippen molar-refractivity contribution in [2.75, 3.05) is 19.8 Å². The molecule has 0 heterocycles. The summed E-state index contributed by atoms with van der Waals surface area (Å²) in [6.07, 6.45) is 17.4. The van der Waals surface area contributed by atoms with Crippen LogP contribution >= 0.6 is 0 Å². The topological polar surface area (TPSA) is 35.2 Å². The molecule has 0 aromatic heterocycles. The molecule has 0 aliphatic carbocycles. The van der Waals surface area contributed by atoms with Gasteiger partial charge >= 0.3 is 0 Å². The van der Waals surface area contributed by atoms with Crippen molar-refractivity contribution in [2.45, 2.75) is 85.0 Å². The van der Waals surface area contributed by atoms with Crippen LogP contribution in [0.15, 0.2) is 12.2 Å². The third-order valence-electron chi connectivity index (χ3n) is 3.15. The molecule has 0 radical (unpaired) electrons. The fourth-order valence-corrected chi connectivity index (χ4v) is 1.77. The first-order chi connectivity index (χ1) is 9.83. The Balaban J connectivity index is 0. The Bertz CT molecular complexity index is 161. The van der Waals surface area contributed by atoms with Crippen molar-refractivity contribution in [3.05, 3.63) is 12.2 Å². The molecular weight excluding hydrogens is 246 g/mol. The van der Waals surface area contributed by atoms with Gasteiger partial charge in [0.2, 0.25) is 0 Å². The average molecular weight is 286 g/mol. The first-order valence-electron chi connectivity index (χ1n) is 8.72. The molecule has 0 aromatic carbocycles. The van der Waals surface area contributed by atoms with Crippen LogP contribution in [0.25, 0.3) is 0 Å². The summed E-state index contributed by atoms with van der Waals surface area (Å²) >= 11 is 0. The standard InChI is InChI=1S/C10H23N.C8H16O/c1-2-3-4-5-6-7-8-9-10-11;1-3-5-7-9-8-6-4-2/h2-11H2,1H3;3,5H,4,6-8H2,1-2H3. The molecule has 0 spiro atoms. The summed E-state index contributed by atoms with van der Waals surface area (Å²) in [5, 5.41) is 0. The van der Waals surface area contributed by atoms with Gasteiger partial charge in [-0.1, -0.05) is 77.4 Å². The van der Waals surface area contributed by atoms with Crippen LogP contribution in [0.4, 0.5) is 0 Å². The minimum Gasteiger partial charge on any atom is -0.377 e. The molecule has 2 heteroatoms. The number of unbranched alkanes of at least 4 members (excludes halogenated alkanes) is 8. The highest BCUT2D eigenvalue weighted by Gasteiger charge is 1.89. The van der Waals surface area contributed by atoms with Crippen LogP contribution in [0, 0.1) is 0 Å². The minimum absolute atomic E-state index is 0.774. The molecule has 0 aromatic rings. The van der Waals surface area contributed by atoms with Gasteiger partial charge in [-0.05, 0) is 26.3 Å². The number of allylic oxidation sites excluding steroid dienone is 1. The molecule has 20 heavy (non-hydrogen) atoms. The normalized spacial score (nSPS) is 10.6. The third kappa shape index (κ3) is 26.3. The summed E-state index contributed by atoms with van der Waals surface area (Å²) in [5.41, 5.74) is 5.39. The lowest BCUT2D eigenvalue weighted by Crippen LogP contribution is -1.97. The molecule has 0 aliphatic heterocycles. The second kappa shape index (κ2) is 23.7. The molecule has 0 amide bonds. The third-order valence-corrected chi connectivity index (χ3v) is 3.15. The van der Waals surface area contributed by atoms with E-state index in [4.69, 9.17) is 10.5 Å². The average Bonchev–Trinajstić information content (AvgIpc) is 2.47. The van der Waals surface area contributed by atoms with Crippen molar-refractivity contribution in [1.29, 1.82) is 0 Å². The Morgan fingerprint density at radius 1 is 0.800 bits per heavy atom. The lowest BCUT2D eigenvalue weighted by Gasteiger charge is -1.99. The van der Waals surface area contributed by atoms with Crippen molar-refractivity contribution in [3.63, 3.8) is 0 Å². The Kier molecular flexibility index (Phi) is 26.0. The molecule has 0 atom stereocenters. The molecule has 0 fully saturated rings. The zero-order valence-electron chi connectivity index (χ0n) is 14.3. The largest absolute Gasteiger partial charge is 0.377 e. The SMILES string of the molecule is CC=CCOCCCC.CCCCCCCCCCN. The Morgan fingerprint density at radius 3 is 1.85 bits per heavy atom. The van der Waals surface area contributed by atoms with Gasteiger partial charge < -0.3 is 10.5 Å². The molecule has 0 aliphatic rings. The summed E-state index contributed by atoms with van der Waals surface area (Å²) < 4.78 is 5.23. The summed E-state index contributed by atoms with van der Waals surface area (Å²) in [6, 6.07) is 0. The predicted octanol–water partition coefficient (Wildman–Crippen LogP) is 5.47. The van der Waals surface area contributed by atoms with Crippen molar-refractivity contribution in [2.24, 2.45) is 5.73 Å². The fourth-order valence-electron chi connectivity index (χ4n) is 1.77. The van der Waals surface area contributed by atoms with E-state index in [-0.39, 0.29) is 0 Å². The Hall–Kier alpha value is -0.340. The van der Waals surface area contributed by atoms with Crippen LogP contribution in [0.3, 0.4) is 0 Å². The van der Waals surface area contributed by atoms with E-state index in [2.05, 4.69) is 13.8 Å². The van der Waals surface area contributed by atoms with E-state index >= 15 is 0 Å². The van der Waals surface area contributed by atoms with E-state index in [1.807, 2.05) is 19.1 Å². The van der Waals surface area contributed by atoms with Gasteiger partial charge in [0, 0.05) is 6.61 Å². The highest BCUT2D eigenvalue weighted by atomic mass is 16.5. The van der Waals surface area contributed by atoms with Crippen LogP contribution in [-0.4, -0.2) is 19.8 Å². The molecule has 0 rings (SSSR count). The van der Waals surface area contributed by atoms with Gasteiger partial charge in [-0.3, -0.25) is 0 Å². The molecule has 0 unspecified atom stereocenters. The second-order valence-electron chi connectivity index (χ2n) is 5.26. The molecule has 2 N–H and O–H groups in total. The van der Waals surface area contributed by atoms with Crippen LogP contribution in [-0.2, 0) is 4.74 Å². The van der Waals surface area contributed by atoms with Crippen LogP contribution in [0.2, 0.25) is 0 Å². The van der Waals surface area contributed by atoms with Crippen LogP contribution < -0.4 is 5.73 Å². The monoisotopic (exact) mass is 285 g/mol. The molecule has 0 saturated carbocycles. The zero-order valence-corrected chi connectivity index (χ0v) is 14.3. The van der Waals surface area contributed by atoms with Crippen LogP contribution in [0.5, 0.6) is 0 Å². The quantitative estimate of drug-likeness (QED) is 0.360. The first kappa shape index (κ1) is 21.9. The highest BCUT2D eigenvalue weighted by Crippen LogP contribution is 2.07. The molecule has 2 nitrogen and oxygen atoms in total. The van der Waals surface area contributed by atoms with E-state index in [0.717, 1.165) is 19.8 Å². The highest BCUT2D eigenvalue weighted by molar-refractivity contribution is 4.75. The molecule has 122 valence electrons. The van der Waals surface area contributed by atoms with E-state index in [0.29, 0.717) is 0 Å². The summed E-state index contributed by atoms with van der Waals surface area (Å²) in [7, 11) is 0. The van der Waals surface area contributed by atoms with Gasteiger partial charge in [-0.25, -0.2) is 0 Å². The number of nitrogens with two attached hydrogens (primary N) is 1. The van der Waals surface area contributed by atoms with Gasteiger partial charge in [-0.2, -0.15) is 0 Å². The van der Waals surface area contributed by atoms with E-state index in [1.165, 1.54) is 64.2 Å². The van der Waals surface area contributed by atoms with Gasteiger partial charge in [-0.15, -0.1) is 0 Å². The van der Waals surface area contributed by atoms with Gasteiger partial charge in [0.05, 0.1) is 6.61 Å². The Morgan fingerprint density at radius 2 is 1.35 bits per heavy atom. The maximum absolute atomic E-state index is 5.39. The van der Waals surface area contributed by atoms with E-state index in [9.17, 15) is 0 Å². The van der Waals surface area contributed by atoms with Gasteiger partial charge in [0.1, 0.15) is 0 Å². The smallest absolute Gasteiger partial charge is 0.0647 e. The van der Waals surface area contributed by atoms with Gasteiger partial charge in [0.15, 0.2) is 0 Å². The molecular formula is C18H39NO. The van der Waals surface area contributed by atoms with Gasteiger partial charge in [0.25, 0.3) is 0 Å². The lowest BCUT2D eigenvalue weighted by molar-refractivity contribution is 0.159. The molecule has 0 bridgehead atoms. The number of rotatable bonds is 13. The summed E-state index contributed by atoms with van der Waals surface area (Å²) in [4.78, 5) is 0. The minimum atomic E-state index is 0.774.